The first-order valence-electron chi connectivity index (χ1n) is 7.97. The first-order valence-corrected chi connectivity index (χ1v) is 7.97. The van der Waals surface area contributed by atoms with Crippen LogP contribution in [0.3, 0.4) is 0 Å². The van der Waals surface area contributed by atoms with Crippen molar-refractivity contribution in [1.82, 2.24) is 10.2 Å². The molecule has 1 fully saturated rings. The van der Waals surface area contributed by atoms with E-state index in [-0.39, 0.29) is 5.97 Å². The average molecular weight is 310 g/mol. The number of hydrogen-bond acceptors (Lipinski definition) is 4. The Bertz CT molecular complexity index is 661. The van der Waals surface area contributed by atoms with E-state index >= 15 is 0 Å². The number of hydrogen-bond donors (Lipinski definition) is 1. The average Bonchev–Trinajstić information content (AvgIpc) is 2.62. The van der Waals surface area contributed by atoms with Crippen molar-refractivity contribution < 1.29 is 9.53 Å². The normalized spacial score (nSPS) is 15.3. The van der Waals surface area contributed by atoms with E-state index in [4.69, 9.17) is 4.74 Å². The van der Waals surface area contributed by atoms with Crippen LogP contribution in [0, 0.1) is 0 Å². The second kappa shape index (κ2) is 7.40. The minimum absolute atomic E-state index is 0.300. The van der Waals surface area contributed by atoms with Crippen molar-refractivity contribution in [2.24, 2.45) is 0 Å². The molecule has 1 saturated heterocycles. The molecule has 0 atom stereocenters. The maximum absolute atomic E-state index is 11.6. The summed E-state index contributed by atoms with van der Waals surface area (Å²) in [6.07, 6.45) is 0. The minimum atomic E-state index is -0.300. The van der Waals surface area contributed by atoms with Gasteiger partial charge in [0.2, 0.25) is 0 Å². The first kappa shape index (κ1) is 15.7. The van der Waals surface area contributed by atoms with Crippen molar-refractivity contribution in [3.05, 3.63) is 59.7 Å². The van der Waals surface area contributed by atoms with Gasteiger partial charge in [-0.2, -0.15) is 0 Å². The molecule has 4 heteroatoms. The summed E-state index contributed by atoms with van der Waals surface area (Å²) in [7, 11) is 1.40. The fourth-order valence-electron chi connectivity index (χ4n) is 2.95. The Balaban J connectivity index is 1.83. The number of carbonyl (C=O) groups excluding carboxylic acids is 1. The molecule has 1 heterocycles. The standard InChI is InChI=1S/C19H22N2O2/c1-23-19(22)16-8-6-15(7-9-16)18-5-3-2-4-17(18)14-21-12-10-20-11-13-21/h2-9,20H,10-14H2,1H3. The number of esters is 1. The summed E-state index contributed by atoms with van der Waals surface area (Å²) in [4.78, 5) is 14.0. The van der Waals surface area contributed by atoms with Crippen LogP contribution < -0.4 is 5.32 Å². The van der Waals surface area contributed by atoms with Gasteiger partial charge in [0.05, 0.1) is 12.7 Å². The number of ether oxygens (including phenoxy) is 1. The van der Waals surface area contributed by atoms with Gasteiger partial charge in [-0.05, 0) is 28.8 Å². The lowest BCUT2D eigenvalue weighted by Gasteiger charge is -2.28. The molecule has 0 aromatic heterocycles. The number of carbonyl (C=O) groups is 1. The zero-order valence-electron chi connectivity index (χ0n) is 13.4. The zero-order chi connectivity index (χ0) is 16.1. The highest BCUT2D eigenvalue weighted by Gasteiger charge is 2.13. The molecular formula is C19H22N2O2. The molecule has 2 aromatic rings. The molecule has 1 aliphatic heterocycles. The predicted octanol–water partition coefficient (Wildman–Crippen LogP) is 2.55. The van der Waals surface area contributed by atoms with Crippen LogP contribution in [0.4, 0.5) is 0 Å². The second-order valence-electron chi connectivity index (χ2n) is 5.75. The molecule has 1 N–H and O–H groups in total. The van der Waals surface area contributed by atoms with Crippen LogP contribution in [0.25, 0.3) is 11.1 Å². The summed E-state index contributed by atoms with van der Waals surface area (Å²) in [5, 5.41) is 3.38. The van der Waals surface area contributed by atoms with Crippen LogP contribution in [-0.4, -0.2) is 44.2 Å². The summed E-state index contributed by atoms with van der Waals surface area (Å²) in [5.41, 5.74) is 4.25. The molecule has 0 radical (unpaired) electrons. The lowest BCUT2D eigenvalue weighted by atomic mass is 9.98. The van der Waals surface area contributed by atoms with Gasteiger partial charge in [-0.3, -0.25) is 4.90 Å². The van der Waals surface area contributed by atoms with Crippen LogP contribution in [0.2, 0.25) is 0 Å². The summed E-state index contributed by atoms with van der Waals surface area (Å²) in [5.74, 6) is -0.300. The van der Waals surface area contributed by atoms with E-state index in [0.717, 1.165) is 38.3 Å². The van der Waals surface area contributed by atoms with E-state index < -0.39 is 0 Å². The predicted molar refractivity (Wildman–Crippen MR) is 91.4 cm³/mol. The molecular weight excluding hydrogens is 288 g/mol. The van der Waals surface area contributed by atoms with Gasteiger partial charge < -0.3 is 10.1 Å². The molecule has 0 saturated carbocycles. The van der Waals surface area contributed by atoms with Gasteiger partial charge in [-0.25, -0.2) is 4.79 Å². The molecule has 4 nitrogen and oxygen atoms in total. The van der Waals surface area contributed by atoms with Crippen molar-refractivity contribution in [2.45, 2.75) is 6.54 Å². The van der Waals surface area contributed by atoms with Gasteiger partial charge in [-0.1, -0.05) is 36.4 Å². The largest absolute Gasteiger partial charge is 0.465 e. The summed E-state index contributed by atoms with van der Waals surface area (Å²) in [6, 6.07) is 16.1. The molecule has 0 amide bonds. The number of nitrogens with one attached hydrogen (secondary N) is 1. The van der Waals surface area contributed by atoms with Crippen LogP contribution in [0.1, 0.15) is 15.9 Å². The summed E-state index contributed by atoms with van der Waals surface area (Å²) in [6.45, 7) is 5.22. The Morgan fingerprint density at radius 2 is 1.78 bits per heavy atom. The van der Waals surface area contributed by atoms with Gasteiger partial charge in [0.15, 0.2) is 0 Å². The molecule has 3 rings (SSSR count). The quantitative estimate of drug-likeness (QED) is 0.881. The van der Waals surface area contributed by atoms with Crippen LogP contribution in [0.5, 0.6) is 0 Å². The number of methoxy groups -OCH3 is 1. The van der Waals surface area contributed by atoms with E-state index in [1.807, 2.05) is 24.3 Å². The van der Waals surface area contributed by atoms with Gasteiger partial charge >= 0.3 is 5.97 Å². The third-order valence-corrected chi connectivity index (χ3v) is 4.24. The van der Waals surface area contributed by atoms with E-state index in [2.05, 4.69) is 34.5 Å². The highest BCUT2D eigenvalue weighted by Crippen LogP contribution is 2.25. The van der Waals surface area contributed by atoms with Crippen molar-refractivity contribution in [2.75, 3.05) is 33.3 Å². The van der Waals surface area contributed by atoms with E-state index in [0.29, 0.717) is 5.56 Å². The van der Waals surface area contributed by atoms with E-state index in [9.17, 15) is 4.79 Å². The molecule has 0 unspecified atom stereocenters. The van der Waals surface area contributed by atoms with Crippen LogP contribution in [0.15, 0.2) is 48.5 Å². The fourth-order valence-corrected chi connectivity index (χ4v) is 2.95. The van der Waals surface area contributed by atoms with Crippen LogP contribution >= 0.6 is 0 Å². The number of benzene rings is 2. The topological polar surface area (TPSA) is 41.6 Å². The second-order valence-corrected chi connectivity index (χ2v) is 5.75. The molecule has 0 aliphatic carbocycles. The minimum Gasteiger partial charge on any atom is -0.465 e. The van der Waals surface area contributed by atoms with Crippen molar-refractivity contribution in [3.8, 4) is 11.1 Å². The maximum Gasteiger partial charge on any atom is 0.337 e. The van der Waals surface area contributed by atoms with Crippen molar-refractivity contribution in [1.29, 1.82) is 0 Å². The molecule has 1 aliphatic rings. The number of nitrogens with zero attached hydrogens (tertiary/aromatic N) is 1. The van der Waals surface area contributed by atoms with Crippen molar-refractivity contribution >= 4 is 5.97 Å². The molecule has 0 spiro atoms. The van der Waals surface area contributed by atoms with E-state index in [1.54, 1.807) is 0 Å². The Hall–Kier alpha value is -2.17. The number of rotatable bonds is 4. The molecule has 23 heavy (non-hydrogen) atoms. The lowest BCUT2D eigenvalue weighted by Crippen LogP contribution is -2.42. The Morgan fingerprint density at radius 1 is 1.09 bits per heavy atom. The highest BCUT2D eigenvalue weighted by molar-refractivity contribution is 5.90. The molecule has 0 bridgehead atoms. The number of piperazine rings is 1. The SMILES string of the molecule is COC(=O)c1ccc(-c2ccccc2CN2CCNCC2)cc1. The van der Waals surface area contributed by atoms with Gasteiger partial charge in [0, 0.05) is 32.7 Å². The Morgan fingerprint density at radius 3 is 2.48 bits per heavy atom. The van der Waals surface area contributed by atoms with Gasteiger partial charge in [0.25, 0.3) is 0 Å². The monoisotopic (exact) mass is 310 g/mol. The smallest absolute Gasteiger partial charge is 0.337 e. The first-order chi connectivity index (χ1) is 11.3. The zero-order valence-corrected chi connectivity index (χ0v) is 13.4. The molecule has 2 aromatic carbocycles. The fraction of sp³-hybridized carbons (Fsp3) is 0.316. The van der Waals surface area contributed by atoms with Gasteiger partial charge in [-0.15, -0.1) is 0 Å². The Kier molecular flexibility index (Phi) is 5.05. The third-order valence-electron chi connectivity index (χ3n) is 4.24. The van der Waals surface area contributed by atoms with Gasteiger partial charge in [0.1, 0.15) is 0 Å². The molecule has 120 valence electrons. The van der Waals surface area contributed by atoms with Crippen molar-refractivity contribution in [3.63, 3.8) is 0 Å². The third kappa shape index (κ3) is 3.78. The van der Waals surface area contributed by atoms with E-state index in [1.165, 1.54) is 18.2 Å². The Labute approximate surface area is 137 Å². The highest BCUT2D eigenvalue weighted by atomic mass is 16.5. The van der Waals surface area contributed by atoms with Crippen LogP contribution in [-0.2, 0) is 11.3 Å². The summed E-state index contributed by atoms with van der Waals surface area (Å²) >= 11 is 0. The lowest BCUT2D eigenvalue weighted by molar-refractivity contribution is 0.0601. The summed E-state index contributed by atoms with van der Waals surface area (Å²) < 4.78 is 4.75. The maximum atomic E-state index is 11.6.